The van der Waals surface area contributed by atoms with E-state index in [-0.39, 0.29) is 11.1 Å². The number of carbonyl (C=O) groups excluding carboxylic acids is 1. The molecule has 0 aliphatic heterocycles. The Morgan fingerprint density at radius 2 is 1.08 bits per heavy atom. The van der Waals surface area contributed by atoms with Crippen molar-refractivity contribution in [2.24, 2.45) is 0 Å². The minimum absolute atomic E-state index is 0.302. The van der Waals surface area contributed by atoms with Crippen LogP contribution in [-0.2, 0) is 20.2 Å². The van der Waals surface area contributed by atoms with Crippen LogP contribution in [0.1, 0.15) is 15.9 Å². The summed E-state index contributed by atoms with van der Waals surface area (Å²) in [6, 6.07) is 6.72. The number of para-hydroxylation sites is 2. The Hall–Kier alpha value is -2.47. The predicted molar refractivity (Wildman–Crippen MR) is 84.8 cm³/mol. The molecule has 0 bridgehead atoms. The molecule has 6 N–H and O–H groups in total. The van der Waals surface area contributed by atoms with Crippen molar-refractivity contribution < 1.29 is 30.7 Å². The smallest absolute Gasteiger partial charge is 0.296 e. The van der Waals surface area contributed by atoms with Gasteiger partial charge in [-0.15, -0.1) is 0 Å². The number of anilines is 2. The van der Waals surface area contributed by atoms with Crippen LogP contribution >= 0.6 is 0 Å². The summed E-state index contributed by atoms with van der Waals surface area (Å²) < 4.78 is 63.2. The molecule has 24 heavy (non-hydrogen) atoms. The number of ketones is 1. The third-order valence-corrected chi connectivity index (χ3v) is 5.00. The van der Waals surface area contributed by atoms with Gasteiger partial charge in [0.15, 0.2) is 5.78 Å². The Kier molecular flexibility index (Phi) is 4.37. The van der Waals surface area contributed by atoms with Gasteiger partial charge in [0.05, 0.1) is 11.4 Å². The summed E-state index contributed by atoms with van der Waals surface area (Å²) in [7, 11) is -9.32. The van der Waals surface area contributed by atoms with Gasteiger partial charge in [0.1, 0.15) is 9.79 Å². The van der Waals surface area contributed by atoms with Gasteiger partial charge >= 0.3 is 0 Å². The molecule has 2 aromatic carbocycles. The SMILES string of the molecule is Nc1c(C(=O)c2cccc(S(=O)(=O)O)c2N)cccc1S(=O)(=O)O. The summed E-state index contributed by atoms with van der Waals surface area (Å²) in [6.07, 6.45) is 0. The highest BCUT2D eigenvalue weighted by molar-refractivity contribution is 7.86. The predicted octanol–water partition coefficient (Wildman–Crippen LogP) is 0.575. The summed E-state index contributed by atoms with van der Waals surface area (Å²) >= 11 is 0. The molecule has 0 aliphatic carbocycles. The lowest BCUT2D eigenvalue weighted by molar-refractivity contribution is 0.104. The lowest BCUT2D eigenvalue weighted by Gasteiger charge is -2.11. The van der Waals surface area contributed by atoms with Crippen LogP contribution in [-0.4, -0.2) is 31.7 Å². The zero-order chi connectivity index (χ0) is 18.3. The molecule has 0 fully saturated rings. The van der Waals surface area contributed by atoms with Crippen LogP contribution in [0.3, 0.4) is 0 Å². The Morgan fingerprint density at radius 1 is 0.750 bits per heavy atom. The summed E-state index contributed by atoms with van der Waals surface area (Å²) in [5, 5.41) is 0. The molecule has 0 saturated heterocycles. The molecule has 2 rings (SSSR count). The molecular weight excluding hydrogens is 360 g/mol. The monoisotopic (exact) mass is 372 g/mol. The maximum Gasteiger partial charge on any atom is 0.296 e. The van der Waals surface area contributed by atoms with Crippen molar-refractivity contribution >= 4 is 37.4 Å². The highest BCUT2D eigenvalue weighted by Crippen LogP contribution is 2.28. The minimum atomic E-state index is -4.66. The van der Waals surface area contributed by atoms with E-state index in [1.54, 1.807) is 0 Å². The molecule has 11 heteroatoms. The number of nitrogens with two attached hydrogens (primary N) is 2. The van der Waals surface area contributed by atoms with E-state index in [1.165, 1.54) is 24.3 Å². The van der Waals surface area contributed by atoms with E-state index < -0.39 is 47.2 Å². The average molecular weight is 372 g/mol. The van der Waals surface area contributed by atoms with Gasteiger partial charge in [0.2, 0.25) is 0 Å². The minimum Gasteiger partial charge on any atom is -0.397 e. The van der Waals surface area contributed by atoms with Crippen LogP contribution in [0.25, 0.3) is 0 Å². The van der Waals surface area contributed by atoms with Crippen LogP contribution in [0.4, 0.5) is 11.4 Å². The Bertz CT molecular complexity index is 960. The first-order valence-corrected chi connectivity index (χ1v) is 9.09. The Labute approximate surface area is 137 Å². The number of benzene rings is 2. The van der Waals surface area contributed by atoms with Gasteiger partial charge in [-0.1, -0.05) is 12.1 Å². The van der Waals surface area contributed by atoms with Gasteiger partial charge in [0, 0.05) is 11.1 Å². The quantitative estimate of drug-likeness (QED) is 0.339. The van der Waals surface area contributed by atoms with Crippen molar-refractivity contribution in [1.29, 1.82) is 0 Å². The fourth-order valence-electron chi connectivity index (χ4n) is 2.08. The third-order valence-electron chi connectivity index (χ3n) is 3.18. The van der Waals surface area contributed by atoms with E-state index in [0.717, 1.165) is 12.1 Å². The maximum absolute atomic E-state index is 12.5. The van der Waals surface area contributed by atoms with Crippen LogP contribution in [0.15, 0.2) is 46.2 Å². The van der Waals surface area contributed by atoms with Crippen molar-refractivity contribution in [3.05, 3.63) is 47.5 Å². The normalized spacial score (nSPS) is 12.1. The second kappa shape index (κ2) is 5.87. The number of rotatable bonds is 4. The van der Waals surface area contributed by atoms with E-state index in [9.17, 15) is 21.6 Å². The van der Waals surface area contributed by atoms with Gasteiger partial charge < -0.3 is 11.5 Å². The summed E-state index contributed by atoms with van der Waals surface area (Å²) in [6.45, 7) is 0. The third kappa shape index (κ3) is 3.23. The maximum atomic E-state index is 12.5. The number of nitrogen functional groups attached to an aromatic ring is 2. The van der Waals surface area contributed by atoms with Gasteiger partial charge in [-0.2, -0.15) is 16.8 Å². The van der Waals surface area contributed by atoms with Crippen molar-refractivity contribution in [3.8, 4) is 0 Å². The molecule has 0 saturated carbocycles. The molecule has 0 radical (unpaired) electrons. The van der Waals surface area contributed by atoms with E-state index in [2.05, 4.69) is 0 Å². The first kappa shape index (κ1) is 17.9. The molecule has 0 atom stereocenters. The molecular formula is C13H12N2O7S2. The molecule has 9 nitrogen and oxygen atoms in total. The second-order valence-corrected chi connectivity index (χ2v) is 7.49. The molecule has 128 valence electrons. The molecule has 0 heterocycles. The van der Waals surface area contributed by atoms with E-state index in [4.69, 9.17) is 20.6 Å². The van der Waals surface area contributed by atoms with Crippen LogP contribution in [0.5, 0.6) is 0 Å². The van der Waals surface area contributed by atoms with Crippen molar-refractivity contribution in [3.63, 3.8) is 0 Å². The van der Waals surface area contributed by atoms with Gasteiger partial charge in [-0.3, -0.25) is 13.9 Å². The molecule has 0 aliphatic rings. The van der Waals surface area contributed by atoms with Gasteiger partial charge in [-0.25, -0.2) is 0 Å². The summed E-state index contributed by atoms with van der Waals surface area (Å²) in [4.78, 5) is 11.2. The number of carbonyl (C=O) groups is 1. The first-order valence-electron chi connectivity index (χ1n) is 6.21. The standard InChI is InChI=1S/C13H12N2O7S2/c14-11-7(3-1-5-9(11)23(17,18)19)13(16)8-4-2-6-10(12(8)15)24(20,21)22/h1-6H,14-15H2,(H,17,18,19)(H,20,21,22). The van der Waals surface area contributed by atoms with Crippen molar-refractivity contribution in [2.75, 3.05) is 11.5 Å². The molecule has 0 amide bonds. The fraction of sp³-hybridized carbons (Fsp3) is 0. The molecule has 0 unspecified atom stereocenters. The molecule has 2 aromatic rings. The number of hydrogen-bond donors (Lipinski definition) is 4. The zero-order valence-electron chi connectivity index (χ0n) is 11.9. The van der Waals surface area contributed by atoms with Crippen LogP contribution in [0.2, 0.25) is 0 Å². The lowest BCUT2D eigenvalue weighted by Crippen LogP contribution is -2.13. The molecule has 0 spiro atoms. The number of hydrogen-bond acceptors (Lipinski definition) is 7. The van der Waals surface area contributed by atoms with Gasteiger partial charge in [-0.05, 0) is 24.3 Å². The lowest BCUT2D eigenvalue weighted by atomic mass is 10.0. The first-order chi connectivity index (χ1) is 10.9. The Balaban J connectivity index is 2.68. The average Bonchev–Trinajstić information content (AvgIpc) is 2.44. The van der Waals surface area contributed by atoms with Crippen LogP contribution < -0.4 is 11.5 Å². The van der Waals surface area contributed by atoms with E-state index >= 15 is 0 Å². The van der Waals surface area contributed by atoms with Crippen LogP contribution in [0, 0.1) is 0 Å². The van der Waals surface area contributed by atoms with Gasteiger partial charge in [0.25, 0.3) is 20.2 Å². The highest BCUT2D eigenvalue weighted by Gasteiger charge is 2.24. The van der Waals surface area contributed by atoms with Crippen molar-refractivity contribution in [2.45, 2.75) is 9.79 Å². The largest absolute Gasteiger partial charge is 0.397 e. The fourth-order valence-corrected chi connectivity index (χ4v) is 3.36. The highest BCUT2D eigenvalue weighted by atomic mass is 32.2. The zero-order valence-corrected chi connectivity index (χ0v) is 13.5. The van der Waals surface area contributed by atoms with Crippen molar-refractivity contribution in [1.82, 2.24) is 0 Å². The Morgan fingerprint density at radius 3 is 1.38 bits per heavy atom. The summed E-state index contributed by atoms with van der Waals surface area (Å²) in [5.74, 6) is -0.874. The van der Waals surface area contributed by atoms with E-state index in [0.29, 0.717) is 0 Å². The van der Waals surface area contributed by atoms with E-state index in [1.807, 2.05) is 0 Å². The topological polar surface area (TPSA) is 178 Å². The summed E-state index contributed by atoms with van der Waals surface area (Å²) in [5.41, 5.74) is 9.60. The molecule has 0 aromatic heterocycles. The second-order valence-electron chi connectivity index (χ2n) is 4.71.